The summed E-state index contributed by atoms with van der Waals surface area (Å²) in [5.74, 6) is -0.198. The molecule has 0 radical (unpaired) electrons. The van der Waals surface area contributed by atoms with Gasteiger partial charge in [0.05, 0.1) is 10.4 Å². The molecule has 0 aliphatic rings. The van der Waals surface area contributed by atoms with Gasteiger partial charge in [0, 0.05) is 10.9 Å². The molecule has 0 aliphatic carbocycles. The Kier molecular flexibility index (Phi) is 5.28. The molecular formula is C21H15FN2O3S2. The first-order chi connectivity index (χ1) is 14.0. The molecule has 8 heteroatoms. The fraction of sp³-hybridized carbons (Fsp3) is 0. The molecule has 4 rings (SSSR count). The van der Waals surface area contributed by atoms with Crippen molar-refractivity contribution >= 4 is 27.2 Å². The minimum absolute atomic E-state index is 0.0685. The van der Waals surface area contributed by atoms with Crippen molar-refractivity contribution in [2.45, 2.75) is 4.90 Å². The Labute approximate surface area is 171 Å². The van der Waals surface area contributed by atoms with Crippen LogP contribution in [0.25, 0.3) is 11.1 Å². The second-order valence-corrected chi connectivity index (χ2v) is 8.44. The predicted octanol–water partition coefficient (Wildman–Crippen LogP) is 5.54. The van der Waals surface area contributed by atoms with Gasteiger partial charge in [-0.3, -0.25) is 4.72 Å². The average Bonchev–Trinajstić information content (AvgIpc) is 3.23. The van der Waals surface area contributed by atoms with Gasteiger partial charge >= 0.3 is 0 Å². The maximum absolute atomic E-state index is 14.6. The molecule has 3 aromatic carbocycles. The van der Waals surface area contributed by atoms with E-state index >= 15 is 0 Å². The number of ether oxygens (including phenoxy) is 1. The van der Waals surface area contributed by atoms with E-state index in [1.54, 1.807) is 17.5 Å². The van der Waals surface area contributed by atoms with E-state index in [-0.39, 0.29) is 16.5 Å². The lowest BCUT2D eigenvalue weighted by atomic mass is 10.1. The summed E-state index contributed by atoms with van der Waals surface area (Å²) in [4.78, 5) is 3.66. The van der Waals surface area contributed by atoms with Crippen LogP contribution in [0.1, 0.15) is 0 Å². The molecule has 0 aliphatic heterocycles. The van der Waals surface area contributed by atoms with Crippen LogP contribution < -0.4 is 9.46 Å². The van der Waals surface area contributed by atoms with E-state index in [1.807, 2.05) is 42.5 Å². The third-order valence-electron chi connectivity index (χ3n) is 4.08. The lowest BCUT2D eigenvalue weighted by Crippen LogP contribution is -2.13. The number of aromatic nitrogens is 1. The van der Waals surface area contributed by atoms with Gasteiger partial charge in [-0.25, -0.2) is 17.8 Å². The third-order valence-corrected chi connectivity index (χ3v) is 6.02. The first kappa shape index (κ1) is 19.1. The molecule has 29 heavy (non-hydrogen) atoms. The SMILES string of the molecule is O=S(=O)(Nc1cscn1)c1ccc(Oc2ccccc2-c2ccccc2)c(F)c1. The highest BCUT2D eigenvalue weighted by atomic mass is 32.2. The van der Waals surface area contributed by atoms with Crippen LogP contribution in [0.5, 0.6) is 11.5 Å². The molecule has 4 aromatic rings. The normalized spacial score (nSPS) is 11.2. The molecule has 5 nitrogen and oxygen atoms in total. The summed E-state index contributed by atoms with van der Waals surface area (Å²) < 4.78 is 47.5. The van der Waals surface area contributed by atoms with E-state index in [0.29, 0.717) is 5.75 Å². The van der Waals surface area contributed by atoms with Gasteiger partial charge in [0.2, 0.25) is 0 Å². The first-order valence-electron chi connectivity index (χ1n) is 8.56. The van der Waals surface area contributed by atoms with Crippen molar-refractivity contribution in [1.29, 1.82) is 0 Å². The van der Waals surface area contributed by atoms with Gasteiger partial charge < -0.3 is 4.74 Å². The minimum Gasteiger partial charge on any atom is -0.454 e. The Morgan fingerprint density at radius 2 is 1.69 bits per heavy atom. The summed E-state index contributed by atoms with van der Waals surface area (Å²) in [6.45, 7) is 0. The van der Waals surface area contributed by atoms with Crippen LogP contribution in [0.4, 0.5) is 10.2 Å². The Bertz CT molecular complexity index is 1230. The fourth-order valence-corrected chi connectivity index (χ4v) is 4.29. The van der Waals surface area contributed by atoms with Gasteiger partial charge in [-0.05, 0) is 29.8 Å². The number of halogens is 1. The van der Waals surface area contributed by atoms with Crippen LogP contribution >= 0.6 is 11.3 Å². The van der Waals surface area contributed by atoms with E-state index in [4.69, 9.17) is 4.74 Å². The zero-order valence-electron chi connectivity index (χ0n) is 14.9. The summed E-state index contributed by atoms with van der Waals surface area (Å²) >= 11 is 1.25. The van der Waals surface area contributed by atoms with Gasteiger partial charge in [-0.15, -0.1) is 11.3 Å². The number of sulfonamides is 1. The Morgan fingerprint density at radius 1 is 0.931 bits per heavy atom. The number of rotatable bonds is 6. The van der Waals surface area contributed by atoms with Gasteiger partial charge in [0.25, 0.3) is 10.0 Å². The number of thiazole rings is 1. The standard InChI is InChI=1S/C21H15FN2O3S2/c22-18-12-16(29(25,26)24-21-13-28-14-23-21)10-11-20(18)27-19-9-5-4-8-17(19)15-6-2-1-3-7-15/h1-14,24H. The van der Waals surface area contributed by atoms with Crippen molar-refractivity contribution in [2.24, 2.45) is 0 Å². The van der Waals surface area contributed by atoms with Crippen molar-refractivity contribution in [2.75, 3.05) is 4.72 Å². The zero-order chi connectivity index (χ0) is 20.3. The second-order valence-electron chi connectivity index (χ2n) is 6.04. The highest BCUT2D eigenvalue weighted by Crippen LogP contribution is 2.34. The van der Waals surface area contributed by atoms with Gasteiger partial charge in [0.1, 0.15) is 5.75 Å². The van der Waals surface area contributed by atoms with Crippen molar-refractivity contribution < 1.29 is 17.5 Å². The van der Waals surface area contributed by atoms with Crippen molar-refractivity contribution in [3.05, 3.63) is 89.5 Å². The number of nitrogens with zero attached hydrogens (tertiary/aromatic N) is 1. The van der Waals surface area contributed by atoms with Gasteiger partial charge in [-0.1, -0.05) is 48.5 Å². The van der Waals surface area contributed by atoms with Crippen molar-refractivity contribution in [3.8, 4) is 22.6 Å². The van der Waals surface area contributed by atoms with Crippen LogP contribution in [0, 0.1) is 5.82 Å². The van der Waals surface area contributed by atoms with Crippen LogP contribution in [-0.2, 0) is 10.0 Å². The molecule has 1 heterocycles. The van der Waals surface area contributed by atoms with Crippen molar-refractivity contribution in [3.63, 3.8) is 0 Å². The predicted molar refractivity (Wildman–Crippen MR) is 111 cm³/mol. The second kappa shape index (κ2) is 8.02. The Morgan fingerprint density at radius 3 is 2.41 bits per heavy atom. The monoisotopic (exact) mass is 426 g/mol. The number of para-hydroxylation sites is 1. The van der Waals surface area contributed by atoms with E-state index in [0.717, 1.165) is 17.2 Å². The van der Waals surface area contributed by atoms with Gasteiger partial charge in [-0.2, -0.15) is 0 Å². The first-order valence-corrected chi connectivity index (χ1v) is 11.0. The molecule has 1 aromatic heterocycles. The van der Waals surface area contributed by atoms with E-state index < -0.39 is 15.8 Å². The number of nitrogens with one attached hydrogen (secondary N) is 1. The highest BCUT2D eigenvalue weighted by molar-refractivity contribution is 7.92. The topological polar surface area (TPSA) is 68.3 Å². The molecule has 0 saturated heterocycles. The molecule has 0 saturated carbocycles. The molecular weight excluding hydrogens is 411 g/mol. The van der Waals surface area contributed by atoms with Gasteiger partial charge in [0.15, 0.2) is 17.4 Å². The quantitative estimate of drug-likeness (QED) is 0.439. The third kappa shape index (κ3) is 4.28. The molecule has 1 N–H and O–H groups in total. The largest absolute Gasteiger partial charge is 0.454 e. The van der Waals surface area contributed by atoms with Crippen LogP contribution in [0.15, 0.2) is 88.6 Å². The summed E-state index contributed by atoms with van der Waals surface area (Å²) in [5, 5.41) is 1.55. The molecule has 146 valence electrons. The smallest absolute Gasteiger partial charge is 0.263 e. The molecule has 0 fully saturated rings. The molecule has 0 bridgehead atoms. The van der Waals surface area contributed by atoms with E-state index in [1.165, 1.54) is 29.0 Å². The lowest BCUT2D eigenvalue weighted by molar-refractivity contribution is 0.442. The number of benzene rings is 3. The van der Waals surface area contributed by atoms with Crippen LogP contribution in [0.2, 0.25) is 0 Å². The van der Waals surface area contributed by atoms with E-state index in [9.17, 15) is 12.8 Å². The van der Waals surface area contributed by atoms with Crippen LogP contribution in [0.3, 0.4) is 0 Å². The van der Waals surface area contributed by atoms with Crippen molar-refractivity contribution in [1.82, 2.24) is 4.98 Å². The lowest BCUT2D eigenvalue weighted by Gasteiger charge is -2.13. The molecule has 0 spiro atoms. The van der Waals surface area contributed by atoms with Crippen LogP contribution in [-0.4, -0.2) is 13.4 Å². The highest BCUT2D eigenvalue weighted by Gasteiger charge is 2.18. The Hall–Kier alpha value is -3.23. The number of hydrogen-bond acceptors (Lipinski definition) is 5. The number of hydrogen-bond donors (Lipinski definition) is 1. The molecule has 0 atom stereocenters. The maximum Gasteiger partial charge on any atom is 0.263 e. The summed E-state index contributed by atoms with van der Waals surface area (Å²) in [7, 11) is -3.95. The Balaban J connectivity index is 1.62. The minimum atomic E-state index is -3.95. The average molecular weight is 426 g/mol. The molecule has 0 unspecified atom stereocenters. The fourth-order valence-electron chi connectivity index (χ4n) is 2.72. The number of anilines is 1. The zero-order valence-corrected chi connectivity index (χ0v) is 16.6. The molecule has 0 amide bonds. The van der Waals surface area contributed by atoms with E-state index in [2.05, 4.69) is 9.71 Å². The summed E-state index contributed by atoms with van der Waals surface area (Å²) in [6, 6.07) is 20.3. The maximum atomic E-state index is 14.6. The summed E-state index contributed by atoms with van der Waals surface area (Å²) in [5.41, 5.74) is 3.23. The summed E-state index contributed by atoms with van der Waals surface area (Å²) in [6.07, 6.45) is 0.